The van der Waals surface area contributed by atoms with Crippen LogP contribution in [0.2, 0.25) is 5.02 Å². The maximum Gasteiger partial charge on any atom is 0.176 e. The van der Waals surface area contributed by atoms with Gasteiger partial charge in [0, 0.05) is 11.3 Å². The number of aryl methyl sites for hydroxylation is 2. The summed E-state index contributed by atoms with van der Waals surface area (Å²) in [5.74, 6) is 0.734. The predicted octanol–water partition coefficient (Wildman–Crippen LogP) is 2.52. The first-order valence-corrected chi connectivity index (χ1v) is 7.57. The van der Waals surface area contributed by atoms with Crippen LogP contribution in [0.4, 0.5) is 0 Å². The van der Waals surface area contributed by atoms with Gasteiger partial charge in [-0.3, -0.25) is 0 Å². The van der Waals surface area contributed by atoms with E-state index >= 15 is 0 Å². The summed E-state index contributed by atoms with van der Waals surface area (Å²) in [5, 5.41) is 18.6. The summed E-state index contributed by atoms with van der Waals surface area (Å²) in [6.07, 6.45) is 1.78. The Kier molecular flexibility index (Phi) is 4.90. The molecule has 2 aromatic heterocycles. The lowest BCUT2D eigenvalue weighted by Gasteiger charge is -2.16. The number of rotatable bonds is 6. The highest BCUT2D eigenvalue weighted by Crippen LogP contribution is 2.33. The van der Waals surface area contributed by atoms with Gasteiger partial charge in [0.25, 0.3) is 0 Å². The van der Waals surface area contributed by atoms with Gasteiger partial charge >= 0.3 is 0 Å². The summed E-state index contributed by atoms with van der Waals surface area (Å²) in [6, 6.07) is 0.148. The van der Waals surface area contributed by atoms with E-state index in [9.17, 15) is 0 Å². The minimum absolute atomic E-state index is 0.148. The number of hydrogen-bond donors (Lipinski definition) is 1. The maximum atomic E-state index is 6.36. The maximum absolute atomic E-state index is 6.36. The molecule has 1 unspecified atom stereocenters. The van der Waals surface area contributed by atoms with E-state index < -0.39 is 0 Å². The molecule has 0 saturated heterocycles. The summed E-state index contributed by atoms with van der Waals surface area (Å²) in [6.45, 7) is 5.11. The lowest BCUT2D eigenvalue weighted by atomic mass is 10.1. The summed E-state index contributed by atoms with van der Waals surface area (Å²) in [4.78, 5) is 2.63. The average molecular weight is 300 g/mol. The van der Waals surface area contributed by atoms with Crippen molar-refractivity contribution in [2.24, 2.45) is 7.05 Å². The van der Waals surface area contributed by atoms with E-state index in [1.165, 1.54) is 4.80 Å². The van der Waals surface area contributed by atoms with Crippen LogP contribution in [0.25, 0.3) is 0 Å². The largest absolute Gasteiger partial charge is 0.309 e. The van der Waals surface area contributed by atoms with Gasteiger partial charge in [-0.2, -0.15) is 4.80 Å². The Morgan fingerprint density at radius 3 is 2.84 bits per heavy atom. The average Bonchev–Trinajstić information content (AvgIpc) is 2.93. The molecule has 1 atom stereocenters. The fraction of sp³-hybridized carbons (Fsp3) is 0.583. The lowest BCUT2D eigenvalue weighted by molar-refractivity contribution is 0.524. The van der Waals surface area contributed by atoms with Crippen molar-refractivity contribution < 1.29 is 0 Å². The molecule has 0 radical (unpaired) electrons. The third-order valence-electron chi connectivity index (χ3n) is 2.82. The van der Waals surface area contributed by atoms with Crippen molar-refractivity contribution in [2.45, 2.75) is 32.7 Å². The second kappa shape index (κ2) is 6.45. The number of halogens is 1. The topological polar surface area (TPSA) is 55.6 Å². The number of nitrogens with one attached hydrogen (secondary N) is 1. The molecule has 19 heavy (non-hydrogen) atoms. The second-order valence-corrected chi connectivity index (χ2v) is 5.79. The van der Waals surface area contributed by atoms with Crippen molar-refractivity contribution >= 4 is 22.9 Å². The molecule has 2 aromatic rings. The van der Waals surface area contributed by atoms with Crippen LogP contribution < -0.4 is 5.32 Å². The first-order valence-electron chi connectivity index (χ1n) is 6.31. The molecule has 0 aromatic carbocycles. The fourth-order valence-electron chi connectivity index (χ4n) is 1.85. The molecule has 0 aliphatic heterocycles. The Bertz CT molecular complexity index is 536. The van der Waals surface area contributed by atoms with Gasteiger partial charge in [-0.15, -0.1) is 21.5 Å². The van der Waals surface area contributed by atoms with Gasteiger partial charge in [-0.1, -0.05) is 18.5 Å². The third-order valence-corrected chi connectivity index (χ3v) is 4.65. The van der Waals surface area contributed by atoms with Gasteiger partial charge in [0.05, 0.1) is 18.1 Å². The van der Waals surface area contributed by atoms with Crippen LogP contribution >= 0.6 is 22.9 Å². The molecule has 0 aliphatic carbocycles. The molecule has 7 heteroatoms. The molecule has 2 heterocycles. The first-order chi connectivity index (χ1) is 9.11. The van der Waals surface area contributed by atoms with Crippen molar-refractivity contribution in [3.05, 3.63) is 26.7 Å². The van der Waals surface area contributed by atoms with Gasteiger partial charge < -0.3 is 5.32 Å². The van der Waals surface area contributed by atoms with Crippen LogP contribution in [-0.4, -0.2) is 26.8 Å². The first kappa shape index (κ1) is 14.4. The van der Waals surface area contributed by atoms with Gasteiger partial charge in [-0.25, -0.2) is 0 Å². The Labute approximate surface area is 122 Å². The predicted molar refractivity (Wildman–Crippen MR) is 77.6 cm³/mol. The molecule has 0 saturated carbocycles. The summed E-state index contributed by atoms with van der Waals surface area (Å²) < 4.78 is 0. The highest BCUT2D eigenvalue weighted by atomic mass is 35.5. The Morgan fingerprint density at radius 2 is 2.32 bits per heavy atom. The number of hydrogen-bond acceptors (Lipinski definition) is 5. The van der Waals surface area contributed by atoms with E-state index in [-0.39, 0.29) is 6.04 Å². The molecule has 2 rings (SSSR count). The molecule has 0 fully saturated rings. The van der Waals surface area contributed by atoms with Crippen LogP contribution in [-0.2, 0) is 13.5 Å². The zero-order chi connectivity index (χ0) is 13.8. The highest BCUT2D eigenvalue weighted by Gasteiger charge is 2.20. The standard InChI is InChI=1S/C12H18ClN5S/c1-4-5-14-9(6-10-15-17-18(3)16-10)12-11(13)8(2)7-19-12/h7,9,14H,4-6H2,1-3H3. The summed E-state index contributed by atoms with van der Waals surface area (Å²) >= 11 is 8.05. The normalized spacial score (nSPS) is 12.8. The van der Waals surface area contributed by atoms with Gasteiger partial charge in [0.1, 0.15) is 0 Å². The number of tetrazole rings is 1. The van der Waals surface area contributed by atoms with Crippen LogP contribution in [0, 0.1) is 6.92 Å². The van der Waals surface area contributed by atoms with Crippen molar-refractivity contribution in [3.63, 3.8) is 0 Å². The highest BCUT2D eigenvalue weighted by molar-refractivity contribution is 7.10. The van der Waals surface area contributed by atoms with Crippen molar-refractivity contribution in [1.29, 1.82) is 0 Å². The number of thiophene rings is 1. The van der Waals surface area contributed by atoms with Crippen LogP contribution in [0.5, 0.6) is 0 Å². The van der Waals surface area contributed by atoms with Gasteiger partial charge in [0.15, 0.2) is 5.82 Å². The Morgan fingerprint density at radius 1 is 1.53 bits per heavy atom. The van der Waals surface area contributed by atoms with Crippen LogP contribution in [0.1, 0.15) is 35.7 Å². The van der Waals surface area contributed by atoms with E-state index in [0.717, 1.165) is 34.3 Å². The molecule has 0 amide bonds. The molecule has 104 valence electrons. The monoisotopic (exact) mass is 299 g/mol. The Balaban J connectivity index is 2.18. The quantitative estimate of drug-likeness (QED) is 0.890. The van der Waals surface area contributed by atoms with E-state index in [4.69, 9.17) is 11.6 Å². The smallest absolute Gasteiger partial charge is 0.176 e. The fourth-order valence-corrected chi connectivity index (χ4v) is 3.25. The van der Waals surface area contributed by atoms with Gasteiger partial charge in [-0.05, 0) is 36.0 Å². The molecule has 0 spiro atoms. The third kappa shape index (κ3) is 3.52. The molecular formula is C12H18ClN5S. The molecule has 1 N–H and O–H groups in total. The number of nitrogens with zero attached hydrogens (tertiary/aromatic N) is 4. The van der Waals surface area contributed by atoms with Crippen molar-refractivity contribution in [3.8, 4) is 0 Å². The van der Waals surface area contributed by atoms with E-state index in [0.29, 0.717) is 6.42 Å². The molecule has 0 bridgehead atoms. The van der Waals surface area contributed by atoms with Crippen molar-refractivity contribution in [1.82, 2.24) is 25.5 Å². The second-order valence-electron chi connectivity index (χ2n) is 4.50. The van der Waals surface area contributed by atoms with Crippen molar-refractivity contribution in [2.75, 3.05) is 6.54 Å². The van der Waals surface area contributed by atoms with E-state index in [1.54, 1.807) is 18.4 Å². The molecule has 5 nitrogen and oxygen atoms in total. The lowest BCUT2D eigenvalue weighted by Crippen LogP contribution is -2.24. The number of aromatic nitrogens is 4. The molecular weight excluding hydrogens is 282 g/mol. The molecule has 0 aliphatic rings. The summed E-state index contributed by atoms with van der Waals surface area (Å²) in [5.41, 5.74) is 1.12. The minimum atomic E-state index is 0.148. The Hall–Kier alpha value is -0.980. The van der Waals surface area contributed by atoms with E-state index in [2.05, 4.69) is 33.0 Å². The SMILES string of the molecule is CCCNC(Cc1nnn(C)n1)c1scc(C)c1Cl. The van der Waals surface area contributed by atoms with Crippen LogP contribution in [0.15, 0.2) is 5.38 Å². The summed E-state index contributed by atoms with van der Waals surface area (Å²) in [7, 11) is 1.77. The zero-order valence-corrected chi connectivity index (χ0v) is 12.9. The van der Waals surface area contributed by atoms with Gasteiger partial charge in [0.2, 0.25) is 0 Å². The van der Waals surface area contributed by atoms with Crippen LogP contribution in [0.3, 0.4) is 0 Å². The van der Waals surface area contributed by atoms with E-state index in [1.807, 2.05) is 6.92 Å². The zero-order valence-electron chi connectivity index (χ0n) is 11.4. The minimum Gasteiger partial charge on any atom is -0.309 e.